The highest BCUT2D eigenvalue weighted by Crippen LogP contribution is 2.21. The molecule has 2 atom stereocenters. The molecule has 2 unspecified atom stereocenters. The predicted octanol–water partition coefficient (Wildman–Crippen LogP) is 0.863. The second-order valence-corrected chi connectivity index (χ2v) is 5.88. The zero-order chi connectivity index (χ0) is 14.8. The Balaban J connectivity index is 1.97. The number of likely N-dealkylation sites (N-methyl/N-ethyl adjacent to an activating group) is 1. The van der Waals surface area contributed by atoms with Crippen molar-refractivity contribution >= 4 is 0 Å². The van der Waals surface area contributed by atoms with Crippen molar-refractivity contribution in [3.8, 4) is 0 Å². The second-order valence-electron chi connectivity index (χ2n) is 5.88. The first-order valence-corrected chi connectivity index (χ1v) is 7.83. The smallest absolute Gasteiger partial charge is 0.0897 e. The van der Waals surface area contributed by atoms with E-state index in [1.54, 1.807) is 7.11 Å². The molecule has 1 fully saturated rings. The van der Waals surface area contributed by atoms with Crippen molar-refractivity contribution < 1.29 is 14.6 Å². The van der Waals surface area contributed by atoms with Crippen LogP contribution in [0.3, 0.4) is 0 Å². The molecule has 1 aliphatic rings. The Kier molecular flexibility index (Phi) is 9.39. The molecule has 5 heteroatoms. The molecule has 1 saturated carbocycles. The summed E-state index contributed by atoms with van der Waals surface area (Å²) in [5.74, 6) is 0. The summed E-state index contributed by atoms with van der Waals surface area (Å²) in [6.07, 6.45) is 5.00. The lowest BCUT2D eigenvalue weighted by atomic mass is 10.2. The summed E-state index contributed by atoms with van der Waals surface area (Å²) >= 11 is 0. The lowest BCUT2D eigenvalue weighted by molar-refractivity contribution is -0.0311. The number of ether oxygens (including phenoxy) is 2. The molecule has 0 radical (unpaired) electrons. The second kappa shape index (κ2) is 10.5. The zero-order valence-corrected chi connectivity index (χ0v) is 13.3. The van der Waals surface area contributed by atoms with Gasteiger partial charge >= 0.3 is 0 Å². The van der Waals surface area contributed by atoms with E-state index in [9.17, 15) is 5.11 Å². The van der Waals surface area contributed by atoms with Crippen LogP contribution in [-0.4, -0.2) is 75.3 Å². The number of rotatable bonds is 11. The molecule has 20 heavy (non-hydrogen) atoms. The third-order valence-electron chi connectivity index (χ3n) is 3.94. The topological polar surface area (TPSA) is 54.0 Å². The fourth-order valence-electron chi connectivity index (χ4n) is 2.67. The fourth-order valence-corrected chi connectivity index (χ4v) is 2.67. The summed E-state index contributed by atoms with van der Waals surface area (Å²) in [5.41, 5.74) is 0. The number of methoxy groups -OCH3 is 1. The van der Waals surface area contributed by atoms with E-state index in [1.807, 2.05) is 6.92 Å². The van der Waals surface area contributed by atoms with E-state index in [-0.39, 0.29) is 6.10 Å². The normalized spacial score (nSPS) is 19.6. The fraction of sp³-hybridized carbons (Fsp3) is 1.00. The van der Waals surface area contributed by atoms with Crippen molar-refractivity contribution in [3.63, 3.8) is 0 Å². The van der Waals surface area contributed by atoms with Gasteiger partial charge in [0.1, 0.15) is 0 Å². The van der Waals surface area contributed by atoms with Gasteiger partial charge in [0.2, 0.25) is 0 Å². The van der Waals surface area contributed by atoms with Crippen LogP contribution in [0.5, 0.6) is 0 Å². The Hall–Kier alpha value is -0.200. The molecule has 0 aliphatic heterocycles. The monoisotopic (exact) mass is 288 g/mol. The number of nitrogens with one attached hydrogen (secondary N) is 1. The van der Waals surface area contributed by atoms with Crippen LogP contribution >= 0.6 is 0 Å². The quantitative estimate of drug-likeness (QED) is 0.552. The molecule has 0 heterocycles. The summed E-state index contributed by atoms with van der Waals surface area (Å²) in [7, 11) is 3.85. The first kappa shape index (κ1) is 17.9. The van der Waals surface area contributed by atoms with Crippen molar-refractivity contribution in [2.45, 2.75) is 50.9 Å². The predicted molar refractivity (Wildman–Crippen MR) is 81.1 cm³/mol. The largest absolute Gasteiger partial charge is 0.389 e. The Bertz CT molecular complexity index is 235. The van der Waals surface area contributed by atoms with Crippen LogP contribution in [0.2, 0.25) is 0 Å². The molecule has 120 valence electrons. The Morgan fingerprint density at radius 3 is 2.65 bits per heavy atom. The van der Waals surface area contributed by atoms with E-state index >= 15 is 0 Å². The maximum Gasteiger partial charge on any atom is 0.0897 e. The van der Waals surface area contributed by atoms with E-state index in [1.165, 1.54) is 25.7 Å². The number of nitrogens with zero attached hydrogens (tertiary/aromatic N) is 1. The molecule has 2 N–H and O–H groups in total. The van der Waals surface area contributed by atoms with Gasteiger partial charge in [0, 0.05) is 32.8 Å². The lowest BCUT2D eigenvalue weighted by Crippen LogP contribution is -2.39. The minimum absolute atomic E-state index is 0.0307. The van der Waals surface area contributed by atoms with E-state index in [0.717, 1.165) is 19.1 Å². The standard InChI is InChI=1S/C15H32N2O3/c1-13(11-19-3)20-12-15(18)10-16-8-9-17(2)14-6-4-5-7-14/h13-16,18H,4-12H2,1-3H3. The molecule has 0 aromatic heterocycles. The summed E-state index contributed by atoms with van der Waals surface area (Å²) in [4.78, 5) is 2.43. The lowest BCUT2D eigenvalue weighted by Gasteiger charge is -2.24. The van der Waals surface area contributed by atoms with Gasteiger partial charge in [-0.3, -0.25) is 0 Å². The van der Waals surface area contributed by atoms with Gasteiger partial charge in [0.15, 0.2) is 0 Å². The van der Waals surface area contributed by atoms with E-state index in [0.29, 0.717) is 19.8 Å². The molecular formula is C15H32N2O3. The highest BCUT2D eigenvalue weighted by atomic mass is 16.5. The maximum absolute atomic E-state index is 9.80. The van der Waals surface area contributed by atoms with Crippen LogP contribution in [0.25, 0.3) is 0 Å². The van der Waals surface area contributed by atoms with Gasteiger partial charge in [-0.25, -0.2) is 0 Å². The van der Waals surface area contributed by atoms with Crippen molar-refractivity contribution in [1.82, 2.24) is 10.2 Å². The average Bonchev–Trinajstić information content (AvgIpc) is 2.95. The molecule has 0 aromatic carbocycles. The van der Waals surface area contributed by atoms with Gasteiger partial charge in [0.05, 0.1) is 25.4 Å². The number of hydrogen-bond donors (Lipinski definition) is 2. The number of aliphatic hydroxyl groups excluding tert-OH is 1. The third-order valence-corrected chi connectivity index (χ3v) is 3.94. The minimum atomic E-state index is -0.453. The minimum Gasteiger partial charge on any atom is -0.389 e. The van der Waals surface area contributed by atoms with Crippen LogP contribution in [0.15, 0.2) is 0 Å². The molecule has 0 amide bonds. The summed E-state index contributed by atoms with van der Waals surface area (Å²) in [6, 6.07) is 0.764. The van der Waals surface area contributed by atoms with Crippen molar-refractivity contribution in [2.75, 3.05) is 47.0 Å². The van der Waals surface area contributed by atoms with Gasteiger partial charge in [-0.2, -0.15) is 0 Å². The van der Waals surface area contributed by atoms with E-state index < -0.39 is 6.10 Å². The van der Waals surface area contributed by atoms with Crippen molar-refractivity contribution in [3.05, 3.63) is 0 Å². The van der Waals surface area contributed by atoms with Crippen LogP contribution < -0.4 is 5.32 Å². The Morgan fingerprint density at radius 1 is 1.30 bits per heavy atom. The summed E-state index contributed by atoms with van der Waals surface area (Å²) in [6.45, 7) is 5.40. The van der Waals surface area contributed by atoms with Gasteiger partial charge in [-0.05, 0) is 26.8 Å². The molecule has 0 spiro atoms. The highest BCUT2D eigenvalue weighted by molar-refractivity contribution is 4.75. The molecule has 1 rings (SSSR count). The van der Waals surface area contributed by atoms with Crippen molar-refractivity contribution in [1.29, 1.82) is 0 Å². The summed E-state index contributed by atoms with van der Waals surface area (Å²) < 4.78 is 10.5. The first-order chi connectivity index (χ1) is 9.63. The Morgan fingerprint density at radius 2 is 2.00 bits per heavy atom. The van der Waals surface area contributed by atoms with Gasteiger partial charge < -0.3 is 24.8 Å². The van der Waals surface area contributed by atoms with Gasteiger partial charge in [-0.15, -0.1) is 0 Å². The molecule has 1 aliphatic carbocycles. The van der Waals surface area contributed by atoms with Crippen LogP contribution in [0.1, 0.15) is 32.6 Å². The van der Waals surface area contributed by atoms with Gasteiger partial charge in [-0.1, -0.05) is 12.8 Å². The molecule has 0 bridgehead atoms. The van der Waals surface area contributed by atoms with Crippen LogP contribution in [0.4, 0.5) is 0 Å². The van der Waals surface area contributed by atoms with Gasteiger partial charge in [0.25, 0.3) is 0 Å². The zero-order valence-electron chi connectivity index (χ0n) is 13.3. The first-order valence-electron chi connectivity index (χ1n) is 7.83. The average molecular weight is 288 g/mol. The molecule has 5 nitrogen and oxygen atoms in total. The van der Waals surface area contributed by atoms with E-state index in [4.69, 9.17) is 9.47 Å². The maximum atomic E-state index is 9.80. The molecule has 0 aromatic rings. The van der Waals surface area contributed by atoms with E-state index in [2.05, 4.69) is 17.3 Å². The Labute approximate surface area is 123 Å². The van der Waals surface area contributed by atoms with Crippen molar-refractivity contribution in [2.24, 2.45) is 0 Å². The number of aliphatic hydroxyl groups is 1. The third kappa shape index (κ3) is 7.55. The van der Waals surface area contributed by atoms with Crippen LogP contribution in [-0.2, 0) is 9.47 Å². The number of hydrogen-bond acceptors (Lipinski definition) is 5. The molecule has 0 saturated heterocycles. The molecular weight excluding hydrogens is 256 g/mol. The van der Waals surface area contributed by atoms with Crippen LogP contribution in [0, 0.1) is 0 Å². The summed E-state index contributed by atoms with van der Waals surface area (Å²) in [5, 5.41) is 13.1. The SMILES string of the molecule is COCC(C)OCC(O)CNCCN(C)C1CCCC1. The highest BCUT2D eigenvalue weighted by Gasteiger charge is 2.18.